The molecule has 1 radical (unpaired) electrons. The van der Waals surface area contributed by atoms with Gasteiger partial charge < -0.3 is 16.4 Å². The van der Waals surface area contributed by atoms with Gasteiger partial charge in [0.25, 0.3) is 0 Å². The van der Waals surface area contributed by atoms with E-state index in [1.54, 1.807) is 0 Å². The fourth-order valence-electron chi connectivity index (χ4n) is 0. The Bertz CT molecular complexity index is 6.85. The molecule has 5 heavy (non-hydrogen) atoms. The zero-order valence-corrected chi connectivity index (χ0v) is 4.07. The molecule has 3 nitrogen and oxygen atoms in total. The summed E-state index contributed by atoms with van der Waals surface area (Å²) in [5, 5.41) is 0. The summed E-state index contributed by atoms with van der Waals surface area (Å²) in [6.45, 7) is 0. The molecule has 0 atom stereocenters. The predicted molar refractivity (Wildman–Crippen MR) is 2.06 cm³/mol. The van der Waals surface area contributed by atoms with Crippen molar-refractivity contribution in [2.24, 2.45) is 0 Å². The fraction of sp³-hybridized carbons (Fsp3) is 0. The van der Waals surface area contributed by atoms with Crippen molar-refractivity contribution in [2.45, 2.75) is 0 Å². The van der Waals surface area contributed by atoms with E-state index in [2.05, 4.69) is 0 Å². The van der Waals surface area contributed by atoms with Gasteiger partial charge in [-0.05, 0) is 0 Å². The average molecular weight is 106 g/mol. The molecule has 0 aromatic carbocycles. The molecule has 5 heteroatoms. The summed E-state index contributed by atoms with van der Waals surface area (Å²) >= 11 is 0. The van der Waals surface area contributed by atoms with Gasteiger partial charge in [0.2, 0.25) is 0 Å². The molecule has 0 heterocycles. The fourth-order valence-corrected chi connectivity index (χ4v) is 0. The number of hydrogen-bond donors (Lipinski definition) is 0. The van der Waals surface area contributed by atoms with Crippen molar-refractivity contribution in [3.63, 3.8) is 0 Å². The van der Waals surface area contributed by atoms with Crippen LogP contribution in [0.4, 0.5) is 0 Å². The smallest absolute Gasteiger partial charge is 1.00 e. The van der Waals surface area contributed by atoms with Gasteiger partial charge in [0.15, 0.2) is 0 Å². The first kappa shape index (κ1) is 138. The van der Waals surface area contributed by atoms with Crippen LogP contribution in [0.1, 0.15) is 0 Å². The van der Waals surface area contributed by atoms with Gasteiger partial charge >= 0.3 is 18.9 Å². The van der Waals surface area contributed by atoms with Crippen molar-refractivity contribution < 1.29 is 53.8 Å². The van der Waals surface area contributed by atoms with Gasteiger partial charge in [-0.2, -0.15) is 0 Å². The zero-order chi connectivity index (χ0) is 0. The molecular weight excluding hydrogens is 106 g/mol. The number of hydrogen-bond acceptors (Lipinski definition) is 0. The van der Waals surface area contributed by atoms with Crippen molar-refractivity contribution in [1.29, 1.82) is 0 Å². The van der Waals surface area contributed by atoms with E-state index in [9.17, 15) is 0 Å². The first-order valence-corrected chi connectivity index (χ1v) is 0. The van der Waals surface area contributed by atoms with Crippen molar-refractivity contribution in [1.82, 2.24) is 0 Å². The molecule has 0 amide bonds. The second kappa shape index (κ2) is 74.1. The normalized spacial score (nSPS) is 0. The number of rotatable bonds is 0. The monoisotopic (exact) mass is 106 g/mol. The van der Waals surface area contributed by atoms with Crippen LogP contribution in [0.15, 0.2) is 0 Å². The molecule has 0 aromatic rings. The molecule has 0 fully saturated rings. The van der Waals surface area contributed by atoms with E-state index in [4.69, 9.17) is 0 Å². The van der Waals surface area contributed by atoms with Crippen molar-refractivity contribution >= 4 is 0 Å². The molecule has 0 saturated carbocycles. The largest absolute Gasteiger partial charge is 2.00 e. The zero-order valence-electron chi connectivity index (χ0n) is 2.67. The molecule has 0 N–H and O–H groups in total. The van der Waals surface area contributed by atoms with Crippen LogP contribution < -0.4 is 18.9 Å². The van der Waals surface area contributed by atoms with Gasteiger partial charge in [0, 0.05) is 18.6 Å². The summed E-state index contributed by atoms with van der Waals surface area (Å²) in [5.74, 6) is 0. The minimum Gasteiger partial charge on any atom is -2.00 e. The van der Waals surface area contributed by atoms with E-state index in [0.29, 0.717) is 0 Å². The Morgan fingerprint density at radius 3 is 0.600 bits per heavy atom. The third-order valence-electron chi connectivity index (χ3n) is 0. The first-order chi connectivity index (χ1) is 0. The van der Waals surface area contributed by atoms with Gasteiger partial charge in [-0.3, -0.25) is 0 Å². The first-order valence-electron chi connectivity index (χ1n) is 0. The SMILES string of the molecule is [Li+].[O-2].[O-2].[O-2].[V]. The van der Waals surface area contributed by atoms with Crippen LogP contribution in [0.5, 0.6) is 0 Å². The minimum absolute atomic E-state index is 0. The van der Waals surface area contributed by atoms with Gasteiger partial charge in [0.1, 0.15) is 0 Å². The third kappa shape index (κ3) is 42.1. The quantitative estimate of drug-likeness (QED) is 0.289. The molecule has 0 aliphatic heterocycles. The summed E-state index contributed by atoms with van der Waals surface area (Å²) < 4.78 is 0. The minimum atomic E-state index is 0. The van der Waals surface area contributed by atoms with Crippen LogP contribution in [-0.2, 0) is 35.0 Å². The molecule has 29 valence electrons. The van der Waals surface area contributed by atoms with Gasteiger partial charge in [0.05, 0.1) is 0 Å². The predicted octanol–water partition coefficient (Wildman–Crippen LogP) is -3.35. The van der Waals surface area contributed by atoms with Gasteiger partial charge in [-0.15, -0.1) is 0 Å². The van der Waals surface area contributed by atoms with Crippen LogP contribution in [0.25, 0.3) is 0 Å². The maximum atomic E-state index is 0. The Balaban J connectivity index is 0. The second-order valence-corrected chi connectivity index (χ2v) is 0. The Morgan fingerprint density at radius 2 is 0.600 bits per heavy atom. The molecule has 0 rings (SSSR count). The molecule has 0 unspecified atom stereocenters. The topological polar surface area (TPSA) is 85.5 Å². The van der Waals surface area contributed by atoms with E-state index in [1.807, 2.05) is 0 Å². The molecule has 0 spiro atoms. The molecule has 0 bridgehead atoms. The van der Waals surface area contributed by atoms with Crippen molar-refractivity contribution in [2.75, 3.05) is 0 Å². The molecule has 0 aliphatic carbocycles. The summed E-state index contributed by atoms with van der Waals surface area (Å²) in [6, 6.07) is 0. The second-order valence-electron chi connectivity index (χ2n) is 0. The Hall–Kier alpha value is 1.06. The molecule has 0 aliphatic rings. The van der Waals surface area contributed by atoms with E-state index in [0.717, 1.165) is 0 Å². The summed E-state index contributed by atoms with van der Waals surface area (Å²) in [4.78, 5) is 0. The summed E-state index contributed by atoms with van der Waals surface area (Å²) in [7, 11) is 0. The van der Waals surface area contributed by atoms with Gasteiger partial charge in [-0.25, -0.2) is 0 Å². The Kier molecular flexibility index (Phi) is 2040. The Morgan fingerprint density at radius 1 is 0.600 bits per heavy atom. The maximum absolute atomic E-state index is 0. The standard InChI is InChI=1S/Li.3O.V/q+1;3*-2;. The van der Waals surface area contributed by atoms with E-state index < -0.39 is 0 Å². The third-order valence-corrected chi connectivity index (χ3v) is 0. The van der Waals surface area contributed by atoms with Crippen molar-refractivity contribution in [3.05, 3.63) is 0 Å². The van der Waals surface area contributed by atoms with Crippen LogP contribution in [0.2, 0.25) is 0 Å². The van der Waals surface area contributed by atoms with E-state index in [1.165, 1.54) is 0 Å². The molecule has 0 saturated heterocycles. The average Bonchev–Trinajstić information content (AvgIpc) is 0. The van der Waals surface area contributed by atoms with Crippen LogP contribution in [0, 0.1) is 0 Å². The van der Waals surface area contributed by atoms with Crippen molar-refractivity contribution in [3.8, 4) is 0 Å². The molecular formula is LiO3V-5. The van der Waals surface area contributed by atoms with E-state index >= 15 is 0 Å². The summed E-state index contributed by atoms with van der Waals surface area (Å²) in [5.41, 5.74) is 0. The molecule has 0 aromatic heterocycles. The van der Waals surface area contributed by atoms with Crippen LogP contribution in [0.3, 0.4) is 0 Å². The van der Waals surface area contributed by atoms with Crippen LogP contribution >= 0.6 is 0 Å². The van der Waals surface area contributed by atoms with E-state index in [-0.39, 0.29) is 53.8 Å². The van der Waals surface area contributed by atoms with Gasteiger partial charge in [-0.1, -0.05) is 0 Å². The van der Waals surface area contributed by atoms with Crippen LogP contribution in [-0.4, -0.2) is 0 Å². The summed E-state index contributed by atoms with van der Waals surface area (Å²) in [6.07, 6.45) is 0. The Labute approximate surface area is 54.1 Å². The maximum Gasteiger partial charge on any atom is 1.00 e.